The molecule has 106 valence electrons. The molecule has 1 aliphatic heterocycles. The van der Waals surface area contributed by atoms with Crippen LogP contribution in [0.25, 0.3) is 0 Å². The fourth-order valence-corrected chi connectivity index (χ4v) is 2.87. The van der Waals surface area contributed by atoms with Gasteiger partial charge in [-0.25, -0.2) is 0 Å². The lowest BCUT2D eigenvalue weighted by molar-refractivity contribution is 0.379. The zero-order valence-corrected chi connectivity index (χ0v) is 12.5. The molecule has 1 aromatic heterocycles. The standard InChI is InChI=1S/C15H14N4OS/c1-8-18-13-12(9-3-5-10(21-2)6-4-9)11(7-16)14(17)20-15(13)19-8/h3-6,12H,17H2,1-2H3,(H,18,19)/t12-/m1/s1. The summed E-state index contributed by atoms with van der Waals surface area (Å²) in [7, 11) is 0. The molecule has 6 heteroatoms. The number of nitrogens with zero attached hydrogens (tertiary/aromatic N) is 2. The number of aromatic amines is 1. The van der Waals surface area contributed by atoms with Gasteiger partial charge < -0.3 is 15.5 Å². The number of imidazole rings is 1. The molecule has 0 spiro atoms. The van der Waals surface area contributed by atoms with Gasteiger partial charge >= 0.3 is 0 Å². The fraction of sp³-hybridized carbons (Fsp3) is 0.200. The van der Waals surface area contributed by atoms with E-state index in [0.29, 0.717) is 11.5 Å². The number of H-pyrrole nitrogens is 1. The van der Waals surface area contributed by atoms with Gasteiger partial charge in [-0.05, 0) is 30.9 Å². The first kappa shape index (κ1) is 13.6. The molecular formula is C15H14N4OS. The van der Waals surface area contributed by atoms with Crippen LogP contribution in [0, 0.1) is 18.3 Å². The smallest absolute Gasteiger partial charge is 0.243 e. The van der Waals surface area contributed by atoms with Gasteiger partial charge in [0.25, 0.3) is 0 Å². The van der Waals surface area contributed by atoms with Crippen molar-refractivity contribution in [2.75, 3.05) is 6.26 Å². The number of thioether (sulfide) groups is 1. The third-order valence-electron chi connectivity index (χ3n) is 3.43. The van der Waals surface area contributed by atoms with Crippen LogP contribution in [0.15, 0.2) is 40.6 Å². The Hall–Kier alpha value is -2.39. The zero-order valence-electron chi connectivity index (χ0n) is 11.7. The quantitative estimate of drug-likeness (QED) is 0.832. The fourth-order valence-electron chi connectivity index (χ4n) is 2.46. The van der Waals surface area contributed by atoms with Crippen LogP contribution < -0.4 is 10.5 Å². The maximum Gasteiger partial charge on any atom is 0.243 e. The number of allylic oxidation sites excluding steroid dienone is 1. The number of nitrogens with one attached hydrogen (secondary N) is 1. The summed E-state index contributed by atoms with van der Waals surface area (Å²) >= 11 is 1.67. The summed E-state index contributed by atoms with van der Waals surface area (Å²) in [5.74, 6) is 1.03. The Morgan fingerprint density at radius 2 is 2.10 bits per heavy atom. The number of nitrogens with two attached hydrogens (primary N) is 1. The SMILES string of the molecule is CSc1ccc([C@@H]2C(C#N)=C(N)Oc3nc(C)[nH]c32)cc1. The minimum absolute atomic E-state index is 0.121. The van der Waals surface area contributed by atoms with E-state index in [0.717, 1.165) is 17.1 Å². The molecule has 1 aliphatic rings. The van der Waals surface area contributed by atoms with E-state index in [-0.39, 0.29) is 11.8 Å². The van der Waals surface area contributed by atoms with Gasteiger partial charge in [0.2, 0.25) is 11.8 Å². The Labute approximate surface area is 126 Å². The largest absolute Gasteiger partial charge is 0.420 e. The van der Waals surface area contributed by atoms with Crippen molar-refractivity contribution in [2.24, 2.45) is 5.73 Å². The number of nitriles is 1. The second-order valence-electron chi connectivity index (χ2n) is 4.74. The summed E-state index contributed by atoms with van der Waals surface area (Å²) in [5.41, 5.74) is 8.04. The van der Waals surface area contributed by atoms with Gasteiger partial charge in [0.05, 0.1) is 11.6 Å². The molecule has 3 N–H and O–H groups in total. The molecule has 0 amide bonds. The van der Waals surface area contributed by atoms with Gasteiger partial charge in [-0.3, -0.25) is 0 Å². The Kier molecular flexibility index (Phi) is 3.35. The molecule has 0 fully saturated rings. The van der Waals surface area contributed by atoms with Crippen LogP contribution in [0.2, 0.25) is 0 Å². The first-order valence-corrected chi connectivity index (χ1v) is 7.64. The average Bonchev–Trinajstić information content (AvgIpc) is 2.85. The number of hydrogen-bond donors (Lipinski definition) is 2. The van der Waals surface area contributed by atoms with Crippen LogP contribution in [0.4, 0.5) is 0 Å². The van der Waals surface area contributed by atoms with E-state index in [9.17, 15) is 5.26 Å². The minimum Gasteiger partial charge on any atom is -0.420 e. The number of ether oxygens (including phenoxy) is 1. The summed E-state index contributed by atoms with van der Waals surface area (Å²) < 4.78 is 5.44. The van der Waals surface area contributed by atoms with E-state index in [1.165, 1.54) is 4.90 Å². The molecule has 1 atom stereocenters. The molecule has 1 aromatic carbocycles. The maximum absolute atomic E-state index is 9.42. The van der Waals surface area contributed by atoms with Crippen LogP contribution in [-0.4, -0.2) is 16.2 Å². The second-order valence-corrected chi connectivity index (χ2v) is 5.62. The van der Waals surface area contributed by atoms with Crippen molar-refractivity contribution in [3.63, 3.8) is 0 Å². The number of aromatic nitrogens is 2. The van der Waals surface area contributed by atoms with Gasteiger partial charge in [-0.2, -0.15) is 10.2 Å². The van der Waals surface area contributed by atoms with Crippen LogP contribution in [0.3, 0.4) is 0 Å². The predicted octanol–water partition coefficient (Wildman–Crippen LogP) is 2.66. The minimum atomic E-state index is -0.268. The van der Waals surface area contributed by atoms with Crippen LogP contribution in [-0.2, 0) is 0 Å². The number of fused-ring (bicyclic) bond motifs is 1. The van der Waals surface area contributed by atoms with Crippen LogP contribution >= 0.6 is 11.8 Å². The zero-order chi connectivity index (χ0) is 15.0. The van der Waals surface area contributed by atoms with Crippen molar-refractivity contribution in [1.82, 2.24) is 9.97 Å². The number of aryl methyl sites for hydroxylation is 1. The molecular weight excluding hydrogens is 284 g/mol. The monoisotopic (exact) mass is 298 g/mol. The van der Waals surface area contributed by atoms with Crippen molar-refractivity contribution < 1.29 is 4.74 Å². The Morgan fingerprint density at radius 1 is 1.38 bits per heavy atom. The van der Waals surface area contributed by atoms with Crippen LogP contribution in [0.1, 0.15) is 23.0 Å². The number of hydrogen-bond acceptors (Lipinski definition) is 5. The molecule has 0 radical (unpaired) electrons. The van der Waals surface area contributed by atoms with Gasteiger partial charge in [0, 0.05) is 4.90 Å². The van der Waals surface area contributed by atoms with Crippen molar-refractivity contribution in [3.05, 3.63) is 52.8 Å². The molecule has 2 aromatic rings. The number of benzene rings is 1. The predicted molar refractivity (Wildman–Crippen MR) is 80.8 cm³/mol. The summed E-state index contributed by atoms with van der Waals surface area (Å²) in [5, 5.41) is 9.42. The highest BCUT2D eigenvalue weighted by Crippen LogP contribution is 2.40. The van der Waals surface area contributed by atoms with E-state index in [2.05, 4.69) is 16.0 Å². The molecule has 0 unspecified atom stereocenters. The molecule has 0 aliphatic carbocycles. The first-order valence-electron chi connectivity index (χ1n) is 6.42. The van der Waals surface area contributed by atoms with E-state index in [1.54, 1.807) is 11.8 Å². The highest BCUT2D eigenvalue weighted by atomic mass is 32.2. The average molecular weight is 298 g/mol. The summed E-state index contributed by atoms with van der Waals surface area (Å²) in [6, 6.07) is 10.2. The Balaban J connectivity index is 2.14. The van der Waals surface area contributed by atoms with Gasteiger partial charge in [0.1, 0.15) is 17.5 Å². The molecule has 0 bridgehead atoms. The molecule has 3 rings (SSSR count). The lowest BCUT2D eigenvalue weighted by atomic mass is 9.88. The lowest BCUT2D eigenvalue weighted by Crippen LogP contribution is -2.21. The van der Waals surface area contributed by atoms with Crippen LogP contribution in [0.5, 0.6) is 5.88 Å². The summed E-state index contributed by atoms with van der Waals surface area (Å²) in [6.07, 6.45) is 2.03. The molecule has 2 heterocycles. The van der Waals surface area contributed by atoms with E-state index in [1.807, 2.05) is 37.4 Å². The first-order chi connectivity index (χ1) is 10.1. The maximum atomic E-state index is 9.42. The summed E-state index contributed by atoms with van der Waals surface area (Å²) in [6.45, 7) is 1.85. The van der Waals surface area contributed by atoms with Crippen molar-refractivity contribution in [1.29, 1.82) is 5.26 Å². The normalized spacial score (nSPS) is 17.1. The van der Waals surface area contributed by atoms with E-state index in [4.69, 9.17) is 10.5 Å². The van der Waals surface area contributed by atoms with Crippen molar-refractivity contribution in [3.8, 4) is 11.9 Å². The number of rotatable bonds is 2. The molecule has 0 saturated heterocycles. The topological polar surface area (TPSA) is 87.7 Å². The van der Waals surface area contributed by atoms with E-state index >= 15 is 0 Å². The molecule has 21 heavy (non-hydrogen) atoms. The van der Waals surface area contributed by atoms with Gasteiger partial charge in [-0.15, -0.1) is 11.8 Å². The summed E-state index contributed by atoms with van der Waals surface area (Å²) in [4.78, 5) is 8.62. The van der Waals surface area contributed by atoms with E-state index < -0.39 is 0 Å². The third kappa shape index (κ3) is 2.26. The Morgan fingerprint density at radius 3 is 2.71 bits per heavy atom. The van der Waals surface area contributed by atoms with Crippen molar-refractivity contribution >= 4 is 11.8 Å². The highest BCUT2D eigenvalue weighted by molar-refractivity contribution is 7.98. The third-order valence-corrected chi connectivity index (χ3v) is 4.18. The molecule has 0 saturated carbocycles. The Bertz CT molecular complexity index is 755. The lowest BCUT2D eigenvalue weighted by Gasteiger charge is -2.22. The highest BCUT2D eigenvalue weighted by Gasteiger charge is 2.33. The second kappa shape index (κ2) is 5.19. The van der Waals surface area contributed by atoms with Gasteiger partial charge in [-0.1, -0.05) is 12.1 Å². The van der Waals surface area contributed by atoms with Gasteiger partial charge in [0.15, 0.2) is 0 Å². The molecule has 5 nitrogen and oxygen atoms in total. The van der Waals surface area contributed by atoms with Crippen molar-refractivity contribution in [2.45, 2.75) is 17.7 Å².